The number of ether oxygens (including phenoxy) is 4. The second kappa shape index (κ2) is 5.71. The zero-order valence-corrected chi connectivity index (χ0v) is 13.4. The molecule has 0 radical (unpaired) electrons. The molecule has 10 heteroatoms. The molecule has 3 heterocycles. The molecular formula is C14H18N2O8. The number of esters is 2. The largest absolute Gasteiger partial charge is 0.463 e. The number of fused-ring (bicyclic) bond motifs is 1. The highest BCUT2D eigenvalue weighted by molar-refractivity contribution is 6.03. The quantitative estimate of drug-likeness (QED) is 0.523. The molecule has 0 spiro atoms. The molecule has 10 nitrogen and oxygen atoms in total. The zero-order valence-electron chi connectivity index (χ0n) is 13.4. The minimum atomic E-state index is -1.10. The lowest BCUT2D eigenvalue weighted by atomic mass is 10.1. The highest BCUT2D eigenvalue weighted by Crippen LogP contribution is 2.44. The van der Waals surface area contributed by atoms with E-state index in [2.05, 4.69) is 5.32 Å². The van der Waals surface area contributed by atoms with Crippen LogP contribution in [-0.2, 0) is 33.3 Å². The van der Waals surface area contributed by atoms with Gasteiger partial charge in [-0.1, -0.05) is 0 Å². The molecule has 3 amide bonds. The Morgan fingerprint density at radius 3 is 2.67 bits per heavy atom. The van der Waals surface area contributed by atoms with Crippen LogP contribution in [0.5, 0.6) is 0 Å². The number of carbonyl (C=O) groups is 4. The summed E-state index contributed by atoms with van der Waals surface area (Å²) in [6.45, 7) is 3.96. The van der Waals surface area contributed by atoms with Gasteiger partial charge in [0.1, 0.15) is 25.0 Å². The molecule has 3 aliphatic heterocycles. The van der Waals surface area contributed by atoms with E-state index < -0.39 is 54.1 Å². The highest BCUT2D eigenvalue weighted by atomic mass is 16.7. The number of urea groups is 1. The van der Waals surface area contributed by atoms with Gasteiger partial charge in [-0.25, -0.2) is 4.79 Å². The van der Waals surface area contributed by atoms with Gasteiger partial charge in [0.15, 0.2) is 11.8 Å². The van der Waals surface area contributed by atoms with Gasteiger partial charge in [-0.15, -0.1) is 0 Å². The van der Waals surface area contributed by atoms with Crippen molar-refractivity contribution < 1.29 is 38.1 Å². The maximum absolute atomic E-state index is 12.1. The lowest BCUT2D eigenvalue weighted by molar-refractivity contribution is -0.156. The third-order valence-electron chi connectivity index (χ3n) is 4.19. The average molecular weight is 342 g/mol. The fourth-order valence-electron chi connectivity index (χ4n) is 2.92. The van der Waals surface area contributed by atoms with Gasteiger partial charge in [0.25, 0.3) is 5.91 Å². The van der Waals surface area contributed by atoms with Crippen molar-refractivity contribution in [3.63, 3.8) is 0 Å². The van der Waals surface area contributed by atoms with Crippen molar-refractivity contribution in [3.8, 4) is 0 Å². The number of hydrogen-bond donors (Lipinski definition) is 1. The predicted molar refractivity (Wildman–Crippen MR) is 74.1 cm³/mol. The number of imide groups is 1. The summed E-state index contributed by atoms with van der Waals surface area (Å²) in [5, 5.41) is 2.21. The fraction of sp³-hybridized carbons (Fsp3) is 0.714. The lowest BCUT2D eigenvalue weighted by Crippen LogP contribution is -2.59. The van der Waals surface area contributed by atoms with E-state index in [-0.39, 0.29) is 13.0 Å². The lowest BCUT2D eigenvalue weighted by Gasteiger charge is -2.30. The smallest absolute Gasteiger partial charge is 0.328 e. The summed E-state index contributed by atoms with van der Waals surface area (Å²) in [6, 6.07) is -0.639. The van der Waals surface area contributed by atoms with Crippen LogP contribution in [0.15, 0.2) is 0 Å². The third-order valence-corrected chi connectivity index (χ3v) is 4.19. The second-order valence-electron chi connectivity index (χ2n) is 6.06. The average Bonchev–Trinajstić information content (AvgIpc) is 3.00. The molecule has 132 valence electrons. The van der Waals surface area contributed by atoms with E-state index in [1.165, 1.54) is 18.7 Å². The van der Waals surface area contributed by atoms with Crippen molar-refractivity contribution >= 4 is 23.9 Å². The van der Waals surface area contributed by atoms with E-state index >= 15 is 0 Å². The highest BCUT2D eigenvalue weighted by Gasteiger charge is 2.68. The first kappa shape index (κ1) is 16.7. The number of nitrogens with zero attached hydrogens (tertiary/aromatic N) is 1. The Hall–Kier alpha value is -2.20. The van der Waals surface area contributed by atoms with Gasteiger partial charge in [-0.2, -0.15) is 0 Å². The van der Waals surface area contributed by atoms with E-state index in [0.717, 1.165) is 0 Å². The van der Waals surface area contributed by atoms with E-state index in [1.54, 1.807) is 6.92 Å². The van der Waals surface area contributed by atoms with Gasteiger partial charge in [-0.3, -0.25) is 24.6 Å². The maximum atomic E-state index is 12.1. The van der Waals surface area contributed by atoms with E-state index in [1.807, 2.05) is 0 Å². The van der Waals surface area contributed by atoms with Gasteiger partial charge in [-0.05, 0) is 6.92 Å². The Morgan fingerprint density at radius 1 is 1.33 bits per heavy atom. The fourth-order valence-corrected chi connectivity index (χ4v) is 2.92. The molecule has 3 rings (SSSR count). The summed E-state index contributed by atoms with van der Waals surface area (Å²) in [7, 11) is 0. The minimum absolute atomic E-state index is 0.110. The Kier molecular flexibility index (Phi) is 3.96. The second-order valence-corrected chi connectivity index (χ2v) is 6.06. The zero-order chi connectivity index (χ0) is 17.6. The SMILES string of the molecule is CC(=O)OC[C@H]1O[C@@H](N2C(=O)NC(=O)[C@]3(C)OC23)C[C@@H]1OC(C)=O. The molecule has 0 bridgehead atoms. The summed E-state index contributed by atoms with van der Waals surface area (Å²) in [4.78, 5) is 47.3. The minimum Gasteiger partial charge on any atom is -0.463 e. The number of nitrogens with one attached hydrogen (secondary N) is 1. The third kappa shape index (κ3) is 2.82. The van der Waals surface area contributed by atoms with Crippen LogP contribution in [0, 0.1) is 0 Å². The van der Waals surface area contributed by atoms with Crippen molar-refractivity contribution in [3.05, 3.63) is 0 Å². The molecule has 1 N–H and O–H groups in total. The molecule has 0 aromatic carbocycles. The standard InChI is InChI=1S/C14H18N2O8/c1-6(17)21-5-9-8(22-7(2)18)4-10(23-9)16-12-14(3,24-12)11(19)15-13(16)20/h8-10,12H,4-5H2,1-3H3,(H,15,19,20)/t8-,9+,10+,12?,14-/m0/s1. The van der Waals surface area contributed by atoms with Crippen molar-refractivity contribution in [1.29, 1.82) is 0 Å². The van der Waals surface area contributed by atoms with Gasteiger partial charge in [0.2, 0.25) is 0 Å². The van der Waals surface area contributed by atoms with Gasteiger partial charge < -0.3 is 18.9 Å². The van der Waals surface area contributed by atoms with Crippen LogP contribution in [0.25, 0.3) is 0 Å². The first-order valence-electron chi connectivity index (χ1n) is 7.50. The van der Waals surface area contributed by atoms with Gasteiger partial charge in [0, 0.05) is 20.3 Å². The van der Waals surface area contributed by atoms with Crippen molar-refractivity contribution in [2.75, 3.05) is 6.61 Å². The molecule has 24 heavy (non-hydrogen) atoms. The Labute approximate surface area is 137 Å². The summed E-state index contributed by atoms with van der Waals surface area (Å²) in [5.74, 6) is -1.51. The molecule has 0 saturated carbocycles. The van der Waals surface area contributed by atoms with Crippen LogP contribution in [-0.4, -0.2) is 65.6 Å². The molecule has 0 aliphatic carbocycles. The molecule has 0 aromatic heterocycles. The van der Waals surface area contributed by atoms with Crippen LogP contribution >= 0.6 is 0 Å². The Balaban J connectivity index is 1.72. The van der Waals surface area contributed by atoms with E-state index in [0.29, 0.717) is 0 Å². The number of rotatable bonds is 4. The molecule has 3 saturated heterocycles. The molecular weight excluding hydrogens is 324 g/mol. The number of amides is 3. The molecule has 3 aliphatic rings. The molecule has 3 fully saturated rings. The van der Waals surface area contributed by atoms with E-state index in [9.17, 15) is 19.2 Å². The van der Waals surface area contributed by atoms with Gasteiger partial charge >= 0.3 is 18.0 Å². The maximum Gasteiger partial charge on any atom is 0.328 e. The Morgan fingerprint density at radius 2 is 2.04 bits per heavy atom. The number of hydrogen-bond acceptors (Lipinski definition) is 8. The predicted octanol–water partition coefficient (Wildman–Crippen LogP) is -0.737. The normalized spacial score (nSPS) is 37.5. The summed E-state index contributed by atoms with van der Waals surface area (Å²) in [5.41, 5.74) is -1.10. The Bertz CT molecular complexity index is 608. The first-order chi connectivity index (χ1) is 11.2. The summed E-state index contributed by atoms with van der Waals surface area (Å²) in [6.07, 6.45) is -2.70. The van der Waals surface area contributed by atoms with E-state index in [4.69, 9.17) is 18.9 Å². The number of epoxide rings is 1. The van der Waals surface area contributed by atoms with Crippen molar-refractivity contribution in [1.82, 2.24) is 10.2 Å². The summed E-state index contributed by atoms with van der Waals surface area (Å²) < 4.78 is 21.2. The summed E-state index contributed by atoms with van der Waals surface area (Å²) >= 11 is 0. The van der Waals surface area contributed by atoms with Crippen LogP contribution in [0.2, 0.25) is 0 Å². The number of carbonyl (C=O) groups excluding carboxylic acids is 4. The molecule has 5 atom stereocenters. The first-order valence-corrected chi connectivity index (χ1v) is 7.50. The topological polar surface area (TPSA) is 124 Å². The molecule has 0 aromatic rings. The molecule has 1 unspecified atom stereocenters. The van der Waals surface area contributed by atoms with Crippen LogP contribution in [0.1, 0.15) is 27.2 Å². The van der Waals surface area contributed by atoms with Crippen LogP contribution in [0.3, 0.4) is 0 Å². The van der Waals surface area contributed by atoms with Crippen LogP contribution in [0.4, 0.5) is 4.79 Å². The van der Waals surface area contributed by atoms with Crippen molar-refractivity contribution in [2.45, 2.75) is 57.5 Å². The van der Waals surface area contributed by atoms with Gasteiger partial charge in [0.05, 0.1) is 0 Å². The van der Waals surface area contributed by atoms with Crippen molar-refractivity contribution in [2.24, 2.45) is 0 Å². The van der Waals surface area contributed by atoms with Crippen LogP contribution < -0.4 is 5.32 Å². The monoisotopic (exact) mass is 342 g/mol.